The van der Waals surface area contributed by atoms with Gasteiger partial charge < -0.3 is 10.1 Å². The standard InChI is InChI=1S/C12H15N3OS/c1-3-7-13-12-14-8-10(17-12)9-5-4-6-11(15-9)16-2/h4-6,8H,3,7H2,1-2H3,(H,13,14). The van der Waals surface area contributed by atoms with Crippen molar-refractivity contribution in [1.82, 2.24) is 9.97 Å². The Morgan fingerprint density at radius 1 is 1.41 bits per heavy atom. The normalized spacial score (nSPS) is 10.2. The van der Waals surface area contributed by atoms with Crippen LogP contribution < -0.4 is 10.1 Å². The average Bonchev–Trinajstić information content (AvgIpc) is 2.85. The van der Waals surface area contributed by atoms with Crippen LogP contribution in [0, 0.1) is 0 Å². The zero-order chi connectivity index (χ0) is 12.1. The molecule has 0 aliphatic heterocycles. The molecular weight excluding hydrogens is 234 g/mol. The van der Waals surface area contributed by atoms with Gasteiger partial charge in [0.25, 0.3) is 0 Å². The number of hydrogen-bond donors (Lipinski definition) is 1. The largest absolute Gasteiger partial charge is 0.481 e. The van der Waals surface area contributed by atoms with Crippen molar-refractivity contribution in [3.05, 3.63) is 24.4 Å². The molecule has 4 nitrogen and oxygen atoms in total. The van der Waals surface area contributed by atoms with Crippen LogP contribution in [0.2, 0.25) is 0 Å². The Morgan fingerprint density at radius 2 is 2.29 bits per heavy atom. The summed E-state index contributed by atoms with van der Waals surface area (Å²) in [5, 5.41) is 4.20. The van der Waals surface area contributed by atoms with E-state index in [1.54, 1.807) is 18.4 Å². The molecule has 2 aromatic heterocycles. The highest BCUT2D eigenvalue weighted by molar-refractivity contribution is 7.18. The zero-order valence-corrected chi connectivity index (χ0v) is 10.8. The second kappa shape index (κ2) is 5.63. The number of thiazole rings is 1. The second-order valence-electron chi connectivity index (χ2n) is 3.52. The van der Waals surface area contributed by atoms with Crippen molar-refractivity contribution in [2.45, 2.75) is 13.3 Å². The lowest BCUT2D eigenvalue weighted by atomic mass is 10.3. The molecule has 2 aromatic rings. The molecule has 0 radical (unpaired) electrons. The first-order valence-electron chi connectivity index (χ1n) is 5.54. The first kappa shape index (κ1) is 11.9. The molecule has 5 heteroatoms. The van der Waals surface area contributed by atoms with Crippen LogP contribution in [0.4, 0.5) is 5.13 Å². The van der Waals surface area contributed by atoms with Crippen LogP contribution in [0.15, 0.2) is 24.4 Å². The molecule has 0 saturated heterocycles. The third-order valence-electron chi connectivity index (χ3n) is 2.22. The number of methoxy groups -OCH3 is 1. The number of anilines is 1. The number of aromatic nitrogens is 2. The lowest BCUT2D eigenvalue weighted by Gasteiger charge is -2.00. The monoisotopic (exact) mass is 249 g/mol. The Hall–Kier alpha value is -1.62. The smallest absolute Gasteiger partial charge is 0.213 e. The van der Waals surface area contributed by atoms with E-state index in [1.807, 2.05) is 24.4 Å². The Kier molecular flexibility index (Phi) is 3.93. The predicted molar refractivity (Wildman–Crippen MR) is 70.7 cm³/mol. The van der Waals surface area contributed by atoms with Crippen molar-refractivity contribution < 1.29 is 4.74 Å². The SMILES string of the molecule is CCCNc1ncc(-c2cccc(OC)n2)s1. The van der Waals surface area contributed by atoms with Gasteiger partial charge in [0.05, 0.1) is 17.7 Å². The molecular formula is C12H15N3OS. The summed E-state index contributed by atoms with van der Waals surface area (Å²) in [7, 11) is 1.62. The fourth-order valence-electron chi connectivity index (χ4n) is 1.37. The van der Waals surface area contributed by atoms with Crippen LogP contribution in [-0.2, 0) is 0 Å². The molecule has 0 amide bonds. The summed E-state index contributed by atoms with van der Waals surface area (Å²) in [6.45, 7) is 3.07. The van der Waals surface area contributed by atoms with Gasteiger partial charge >= 0.3 is 0 Å². The van der Waals surface area contributed by atoms with Gasteiger partial charge in [-0.05, 0) is 12.5 Å². The van der Waals surface area contributed by atoms with Gasteiger partial charge in [-0.25, -0.2) is 9.97 Å². The number of ether oxygens (including phenoxy) is 1. The number of rotatable bonds is 5. The minimum Gasteiger partial charge on any atom is -0.481 e. The molecule has 90 valence electrons. The summed E-state index contributed by atoms with van der Waals surface area (Å²) in [5.74, 6) is 0.624. The molecule has 0 aromatic carbocycles. The first-order chi connectivity index (χ1) is 8.33. The first-order valence-corrected chi connectivity index (χ1v) is 6.36. The summed E-state index contributed by atoms with van der Waals surface area (Å²) in [6.07, 6.45) is 2.93. The van der Waals surface area contributed by atoms with Gasteiger partial charge in [-0.3, -0.25) is 0 Å². The van der Waals surface area contributed by atoms with Crippen LogP contribution in [0.25, 0.3) is 10.6 Å². The zero-order valence-electron chi connectivity index (χ0n) is 9.93. The summed E-state index contributed by atoms with van der Waals surface area (Å²) >= 11 is 1.60. The fourth-order valence-corrected chi connectivity index (χ4v) is 2.18. The van der Waals surface area contributed by atoms with Crippen molar-refractivity contribution in [3.63, 3.8) is 0 Å². The van der Waals surface area contributed by atoms with Gasteiger partial charge in [0, 0.05) is 18.8 Å². The van der Waals surface area contributed by atoms with E-state index in [1.165, 1.54) is 0 Å². The molecule has 0 fully saturated rings. The Labute approximate surface area is 105 Å². The molecule has 0 spiro atoms. The van der Waals surface area contributed by atoms with Crippen molar-refractivity contribution >= 4 is 16.5 Å². The van der Waals surface area contributed by atoms with E-state index >= 15 is 0 Å². The van der Waals surface area contributed by atoms with Gasteiger partial charge in [0.1, 0.15) is 0 Å². The molecule has 0 aliphatic carbocycles. The average molecular weight is 249 g/mol. The third-order valence-corrected chi connectivity index (χ3v) is 3.19. The van der Waals surface area contributed by atoms with E-state index in [9.17, 15) is 0 Å². The lowest BCUT2D eigenvalue weighted by molar-refractivity contribution is 0.398. The van der Waals surface area contributed by atoms with Crippen molar-refractivity contribution in [2.24, 2.45) is 0 Å². The summed E-state index contributed by atoms with van der Waals surface area (Å²) in [5.41, 5.74) is 0.895. The molecule has 0 bridgehead atoms. The van der Waals surface area contributed by atoms with Crippen LogP contribution in [0.1, 0.15) is 13.3 Å². The Morgan fingerprint density at radius 3 is 3.06 bits per heavy atom. The van der Waals surface area contributed by atoms with Crippen molar-refractivity contribution in [1.29, 1.82) is 0 Å². The minimum absolute atomic E-state index is 0.624. The van der Waals surface area contributed by atoms with Crippen LogP contribution in [0.3, 0.4) is 0 Å². The van der Waals surface area contributed by atoms with Crippen LogP contribution in [-0.4, -0.2) is 23.6 Å². The molecule has 0 saturated carbocycles. The Balaban J connectivity index is 2.18. The number of nitrogens with zero attached hydrogens (tertiary/aromatic N) is 2. The van der Waals surface area contributed by atoms with Crippen molar-refractivity contribution in [3.8, 4) is 16.5 Å². The maximum Gasteiger partial charge on any atom is 0.213 e. The van der Waals surface area contributed by atoms with E-state index in [0.717, 1.165) is 28.7 Å². The highest BCUT2D eigenvalue weighted by Gasteiger charge is 2.06. The predicted octanol–water partition coefficient (Wildman–Crippen LogP) is 3.04. The van der Waals surface area contributed by atoms with E-state index in [4.69, 9.17) is 4.74 Å². The molecule has 1 N–H and O–H groups in total. The van der Waals surface area contributed by atoms with Crippen LogP contribution >= 0.6 is 11.3 Å². The lowest BCUT2D eigenvalue weighted by Crippen LogP contribution is -1.97. The van der Waals surface area contributed by atoms with E-state index in [-0.39, 0.29) is 0 Å². The number of pyridine rings is 1. The molecule has 0 aliphatic rings. The molecule has 2 rings (SSSR count). The Bertz CT molecular complexity index is 484. The summed E-state index contributed by atoms with van der Waals surface area (Å²) < 4.78 is 5.11. The molecule has 17 heavy (non-hydrogen) atoms. The maximum absolute atomic E-state index is 5.11. The third kappa shape index (κ3) is 2.94. The highest BCUT2D eigenvalue weighted by Crippen LogP contribution is 2.28. The number of nitrogens with one attached hydrogen (secondary N) is 1. The molecule has 0 unspecified atom stereocenters. The van der Waals surface area contributed by atoms with Gasteiger partial charge in [0.2, 0.25) is 5.88 Å². The fraction of sp³-hybridized carbons (Fsp3) is 0.333. The van der Waals surface area contributed by atoms with Gasteiger partial charge in [-0.2, -0.15) is 0 Å². The number of hydrogen-bond acceptors (Lipinski definition) is 5. The minimum atomic E-state index is 0.624. The summed E-state index contributed by atoms with van der Waals surface area (Å²) in [4.78, 5) is 9.73. The quantitative estimate of drug-likeness (QED) is 0.884. The molecule has 0 atom stereocenters. The highest BCUT2D eigenvalue weighted by atomic mass is 32.1. The van der Waals surface area contributed by atoms with Gasteiger partial charge in [-0.15, -0.1) is 0 Å². The van der Waals surface area contributed by atoms with E-state index < -0.39 is 0 Å². The second-order valence-corrected chi connectivity index (χ2v) is 4.55. The van der Waals surface area contributed by atoms with E-state index in [0.29, 0.717) is 5.88 Å². The topological polar surface area (TPSA) is 47.0 Å². The summed E-state index contributed by atoms with van der Waals surface area (Å²) in [6, 6.07) is 5.72. The van der Waals surface area contributed by atoms with Crippen LogP contribution in [0.5, 0.6) is 5.88 Å². The van der Waals surface area contributed by atoms with Gasteiger partial charge in [0.15, 0.2) is 5.13 Å². The van der Waals surface area contributed by atoms with Crippen molar-refractivity contribution in [2.75, 3.05) is 19.0 Å². The maximum atomic E-state index is 5.11. The molecule has 2 heterocycles. The van der Waals surface area contributed by atoms with Gasteiger partial charge in [-0.1, -0.05) is 24.3 Å². The van der Waals surface area contributed by atoms with E-state index in [2.05, 4.69) is 22.2 Å².